The van der Waals surface area contributed by atoms with E-state index in [9.17, 15) is 9.18 Å². The van der Waals surface area contributed by atoms with Crippen molar-refractivity contribution in [2.75, 3.05) is 0 Å². The fraction of sp³-hybridized carbons (Fsp3) is 0.0833. The first kappa shape index (κ1) is 14.0. The van der Waals surface area contributed by atoms with Crippen LogP contribution in [0.15, 0.2) is 39.8 Å². The molecule has 0 bridgehead atoms. The molecule has 0 aliphatic carbocycles. The van der Waals surface area contributed by atoms with Crippen LogP contribution in [0.5, 0.6) is 0 Å². The first-order chi connectivity index (χ1) is 9.08. The van der Waals surface area contributed by atoms with Crippen LogP contribution in [0.3, 0.4) is 0 Å². The third kappa shape index (κ3) is 3.51. The van der Waals surface area contributed by atoms with Crippen molar-refractivity contribution in [3.63, 3.8) is 0 Å². The van der Waals surface area contributed by atoms with Crippen molar-refractivity contribution in [2.45, 2.75) is 10.6 Å². The number of hydrogen-bond donors (Lipinski definition) is 1. The summed E-state index contributed by atoms with van der Waals surface area (Å²) in [6.07, 6.45) is 1.38. The van der Waals surface area contributed by atoms with E-state index in [1.54, 1.807) is 18.2 Å². The molecule has 19 heavy (non-hydrogen) atoms. The lowest BCUT2D eigenvalue weighted by atomic mass is 10.3. The molecule has 0 atom stereocenters. The Labute approximate surface area is 121 Å². The maximum atomic E-state index is 13.4. The molecular formula is C12H8BrFN2O2S. The largest absolute Gasteiger partial charge is 0.476 e. The second kappa shape index (κ2) is 6.12. The lowest BCUT2D eigenvalue weighted by Gasteiger charge is -2.04. The third-order valence-corrected chi connectivity index (χ3v) is 3.81. The van der Waals surface area contributed by atoms with Gasteiger partial charge in [0.1, 0.15) is 11.6 Å². The van der Waals surface area contributed by atoms with E-state index in [-0.39, 0.29) is 11.5 Å². The zero-order chi connectivity index (χ0) is 13.8. The van der Waals surface area contributed by atoms with Crippen LogP contribution in [-0.2, 0) is 5.75 Å². The number of thioether (sulfide) groups is 1. The number of aromatic carboxylic acids is 1. The first-order valence-corrected chi connectivity index (χ1v) is 6.98. The van der Waals surface area contributed by atoms with Crippen LogP contribution in [0.4, 0.5) is 4.39 Å². The number of carboxylic acids is 1. The van der Waals surface area contributed by atoms with Crippen molar-refractivity contribution in [2.24, 2.45) is 0 Å². The standard InChI is InChI=1S/C12H8BrFN2O2S/c13-7-5-15-10(16-11(7)12(17)18)6-19-9-4-2-1-3-8(9)14/h1-5H,6H2,(H,17,18). The number of benzene rings is 1. The lowest BCUT2D eigenvalue weighted by Crippen LogP contribution is -2.05. The van der Waals surface area contributed by atoms with Crippen LogP contribution in [0.2, 0.25) is 0 Å². The third-order valence-electron chi connectivity index (χ3n) is 2.19. The van der Waals surface area contributed by atoms with Gasteiger partial charge in [0.25, 0.3) is 0 Å². The molecule has 1 aromatic heterocycles. The number of aromatic nitrogens is 2. The molecule has 98 valence electrons. The zero-order valence-corrected chi connectivity index (χ0v) is 11.9. The lowest BCUT2D eigenvalue weighted by molar-refractivity contribution is 0.0689. The maximum Gasteiger partial charge on any atom is 0.355 e. The molecule has 0 saturated carbocycles. The van der Waals surface area contributed by atoms with Gasteiger partial charge in [-0.15, -0.1) is 11.8 Å². The molecule has 1 aromatic carbocycles. The number of halogens is 2. The van der Waals surface area contributed by atoms with Crippen molar-refractivity contribution in [1.29, 1.82) is 0 Å². The van der Waals surface area contributed by atoms with Gasteiger partial charge in [-0.05, 0) is 28.1 Å². The summed E-state index contributed by atoms with van der Waals surface area (Å²) in [5.41, 5.74) is -0.0980. The predicted octanol–water partition coefficient (Wildman–Crippen LogP) is 3.37. The van der Waals surface area contributed by atoms with E-state index < -0.39 is 5.97 Å². The minimum Gasteiger partial charge on any atom is -0.476 e. The number of hydrogen-bond acceptors (Lipinski definition) is 4. The fourth-order valence-corrected chi connectivity index (χ4v) is 2.49. The van der Waals surface area contributed by atoms with Crippen molar-refractivity contribution >= 4 is 33.7 Å². The van der Waals surface area contributed by atoms with Crippen LogP contribution >= 0.6 is 27.7 Å². The van der Waals surface area contributed by atoms with Gasteiger partial charge < -0.3 is 5.11 Å². The minimum atomic E-state index is -1.13. The van der Waals surface area contributed by atoms with Gasteiger partial charge in [0.15, 0.2) is 5.69 Å². The highest BCUT2D eigenvalue weighted by molar-refractivity contribution is 9.10. The van der Waals surface area contributed by atoms with Crippen molar-refractivity contribution < 1.29 is 14.3 Å². The van der Waals surface area contributed by atoms with Crippen molar-refractivity contribution in [1.82, 2.24) is 9.97 Å². The van der Waals surface area contributed by atoms with Gasteiger partial charge in [0.05, 0.1) is 10.2 Å². The second-order valence-electron chi connectivity index (χ2n) is 3.51. The highest BCUT2D eigenvalue weighted by Gasteiger charge is 2.12. The van der Waals surface area contributed by atoms with Gasteiger partial charge in [-0.25, -0.2) is 19.2 Å². The van der Waals surface area contributed by atoms with E-state index in [2.05, 4.69) is 25.9 Å². The number of nitrogens with zero attached hydrogens (tertiary/aromatic N) is 2. The summed E-state index contributed by atoms with van der Waals surface area (Å²) in [4.78, 5) is 19.3. The summed E-state index contributed by atoms with van der Waals surface area (Å²) < 4.78 is 13.7. The quantitative estimate of drug-likeness (QED) is 0.863. The fourth-order valence-electron chi connectivity index (χ4n) is 1.33. The van der Waals surface area contributed by atoms with E-state index >= 15 is 0 Å². The van der Waals surface area contributed by atoms with Gasteiger partial charge in [-0.2, -0.15) is 0 Å². The molecule has 1 N–H and O–H groups in total. The van der Waals surface area contributed by atoms with E-state index in [4.69, 9.17) is 5.11 Å². The summed E-state index contributed by atoms with van der Waals surface area (Å²) in [6, 6.07) is 6.36. The van der Waals surface area contributed by atoms with Crippen LogP contribution in [0, 0.1) is 5.82 Å². The molecule has 0 fully saturated rings. The minimum absolute atomic E-state index is 0.0980. The molecule has 0 spiro atoms. The molecule has 4 nitrogen and oxygen atoms in total. The monoisotopic (exact) mass is 342 g/mol. The van der Waals surface area contributed by atoms with Crippen LogP contribution in [-0.4, -0.2) is 21.0 Å². The highest BCUT2D eigenvalue weighted by Crippen LogP contribution is 2.24. The molecule has 7 heteroatoms. The normalized spacial score (nSPS) is 10.4. The van der Waals surface area contributed by atoms with Gasteiger partial charge in [0.2, 0.25) is 0 Å². The van der Waals surface area contributed by atoms with E-state index in [1.165, 1.54) is 24.0 Å². The number of carbonyl (C=O) groups is 1. The van der Waals surface area contributed by atoms with Crippen LogP contribution < -0.4 is 0 Å². The zero-order valence-electron chi connectivity index (χ0n) is 9.51. The molecular weight excluding hydrogens is 335 g/mol. The molecule has 1 heterocycles. The Kier molecular flexibility index (Phi) is 4.49. The molecule has 0 aliphatic heterocycles. The molecule has 0 radical (unpaired) electrons. The summed E-state index contributed by atoms with van der Waals surface area (Å²) in [5.74, 6) is -0.808. The molecule has 2 rings (SSSR count). The van der Waals surface area contributed by atoms with E-state index in [0.717, 1.165) is 0 Å². The Morgan fingerprint density at radius 3 is 2.84 bits per heavy atom. The Balaban J connectivity index is 2.14. The van der Waals surface area contributed by atoms with Gasteiger partial charge >= 0.3 is 5.97 Å². The van der Waals surface area contributed by atoms with Crippen LogP contribution in [0.1, 0.15) is 16.3 Å². The van der Waals surface area contributed by atoms with Crippen molar-refractivity contribution in [3.05, 3.63) is 52.3 Å². The Bertz CT molecular complexity index is 624. The van der Waals surface area contributed by atoms with E-state index in [1.807, 2.05) is 0 Å². The van der Waals surface area contributed by atoms with Gasteiger partial charge in [0, 0.05) is 11.1 Å². The molecule has 0 aliphatic rings. The average molecular weight is 343 g/mol. The summed E-state index contributed by atoms with van der Waals surface area (Å²) in [6.45, 7) is 0. The average Bonchev–Trinajstić information content (AvgIpc) is 2.39. The van der Waals surface area contributed by atoms with E-state index in [0.29, 0.717) is 20.9 Å². The second-order valence-corrected chi connectivity index (χ2v) is 5.38. The number of carboxylic acid groups (broad SMARTS) is 1. The summed E-state index contributed by atoms with van der Waals surface area (Å²) >= 11 is 4.28. The summed E-state index contributed by atoms with van der Waals surface area (Å²) in [7, 11) is 0. The smallest absolute Gasteiger partial charge is 0.355 e. The first-order valence-electron chi connectivity index (χ1n) is 5.20. The van der Waals surface area contributed by atoms with Gasteiger partial charge in [-0.1, -0.05) is 12.1 Å². The molecule has 0 amide bonds. The van der Waals surface area contributed by atoms with Crippen LogP contribution in [0.25, 0.3) is 0 Å². The Morgan fingerprint density at radius 1 is 1.42 bits per heavy atom. The summed E-state index contributed by atoms with van der Waals surface area (Å²) in [5, 5.41) is 8.93. The molecule has 2 aromatic rings. The number of rotatable bonds is 4. The SMILES string of the molecule is O=C(O)c1nc(CSc2ccccc2F)ncc1Br. The van der Waals surface area contributed by atoms with Gasteiger partial charge in [-0.3, -0.25) is 0 Å². The topological polar surface area (TPSA) is 63.1 Å². The van der Waals surface area contributed by atoms with Crippen molar-refractivity contribution in [3.8, 4) is 0 Å². The molecule has 0 unspecified atom stereocenters. The Morgan fingerprint density at radius 2 is 2.16 bits per heavy atom. The highest BCUT2D eigenvalue weighted by atomic mass is 79.9. The molecule has 0 saturated heterocycles. The Hall–Kier alpha value is -1.47. The maximum absolute atomic E-state index is 13.4. The predicted molar refractivity (Wildman–Crippen MR) is 72.7 cm³/mol.